The van der Waals surface area contributed by atoms with Gasteiger partial charge in [0, 0.05) is 24.9 Å². The maximum Gasteiger partial charge on any atom is 0.240 e. The summed E-state index contributed by atoms with van der Waals surface area (Å²) in [4.78, 5) is 36.3. The lowest BCUT2D eigenvalue weighted by molar-refractivity contribution is -0.122. The highest BCUT2D eigenvalue weighted by Gasteiger charge is 2.58. The Balaban J connectivity index is 1.64. The molecule has 2 amide bonds. The predicted octanol–water partition coefficient (Wildman–Crippen LogP) is 3.51. The Morgan fingerprint density at radius 2 is 1.52 bits per heavy atom. The van der Waals surface area contributed by atoms with Crippen molar-refractivity contribution in [2.75, 3.05) is 19.0 Å². The summed E-state index contributed by atoms with van der Waals surface area (Å²) >= 11 is 1.61. The number of hydrogen-bond donors (Lipinski definition) is 0. The molecule has 0 spiro atoms. The van der Waals surface area contributed by atoms with Crippen LogP contribution < -0.4 is 4.90 Å². The Kier molecular flexibility index (Phi) is 4.32. The van der Waals surface area contributed by atoms with Crippen LogP contribution in [-0.4, -0.2) is 42.0 Å². The minimum absolute atomic E-state index is 0.131. The van der Waals surface area contributed by atoms with Gasteiger partial charge in [-0.3, -0.25) is 14.6 Å². The molecule has 4 atom stereocenters. The zero-order valence-electron chi connectivity index (χ0n) is 16.2. The van der Waals surface area contributed by atoms with E-state index in [1.165, 1.54) is 4.90 Å². The second kappa shape index (κ2) is 6.88. The Morgan fingerprint density at radius 3 is 2.17 bits per heavy atom. The van der Waals surface area contributed by atoms with Crippen molar-refractivity contribution in [3.63, 3.8) is 0 Å². The minimum Gasteiger partial charge on any atom is -0.357 e. The van der Waals surface area contributed by atoms with Crippen LogP contribution in [0, 0.1) is 11.8 Å². The zero-order valence-corrected chi connectivity index (χ0v) is 17.0. The first-order chi connectivity index (χ1) is 14.1. The molecule has 1 fully saturated rings. The van der Waals surface area contributed by atoms with Crippen LogP contribution in [-0.2, 0) is 9.59 Å². The van der Waals surface area contributed by atoms with E-state index in [1.54, 1.807) is 11.8 Å². The molecule has 0 radical (unpaired) electrons. The quantitative estimate of drug-likeness (QED) is 0.720. The van der Waals surface area contributed by atoms with E-state index < -0.39 is 11.8 Å². The number of fused-ring (bicyclic) bond motifs is 3. The fraction of sp³-hybridized carbons (Fsp3) is 0.261. The second-order valence-electron chi connectivity index (χ2n) is 7.76. The van der Waals surface area contributed by atoms with Crippen molar-refractivity contribution >= 4 is 34.4 Å². The van der Waals surface area contributed by atoms with Gasteiger partial charge in [0.05, 0.1) is 23.6 Å². The number of carbonyl (C=O) groups excluding carboxylic acids is 2. The lowest BCUT2D eigenvalue weighted by atomic mass is 9.72. The van der Waals surface area contributed by atoms with Gasteiger partial charge in [0.15, 0.2) is 5.17 Å². The number of amides is 2. The molecular weight excluding hydrogens is 382 g/mol. The van der Waals surface area contributed by atoms with E-state index in [2.05, 4.69) is 6.08 Å². The number of allylic oxidation sites excluding steroid dienone is 1. The van der Waals surface area contributed by atoms with Crippen molar-refractivity contribution in [3.8, 4) is 0 Å². The lowest BCUT2D eigenvalue weighted by Gasteiger charge is -2.31. The van der Waals surface area contributed by atoms with Gasteiger partial charge in [0.25, 0.3) is 0 Å². The Morgan fingerprint density at radius 1 is 0.897 bits per heavy atom. The van der Waals surface area contributed by atoms with Crippen LogP contribution >= 0.6 is 11.8 Å². The summed E-state index contributed by atoms with van der Waals surface area (Å²) in [6.07, 6.45) is 2.16. The van der Waals surface area contributed by atoms with Crippen LogP contribution in [0.5, 0.6) is 0 Å². The fourth-order valence-corrected chi connectivity index (χ4v) is 5.58. The third kappa shape index (κ3) is 2.82. The molecule has 0 unspecified atom stereocenters. The molecule has 0 N–H and O–H groups in total. The molecule has 0 saturated carbocycles. The number of carbonyl (C=O) groups is 2. The summed E-state index contributed by atoms with van der Waals surface area (Å²) in [5, 5.41) is 0.882. The van der Waals surface area contributed by atoms with E-state index in [0.717, 1.165) is 15.6 Å². The third-order valence-electron chi connectivity index (χ3n) is 5.80. The normalized spacial score (nSPS) is 28.0. The molecule has 2 heterocycles. The molecule has 1 aliphatic carbocycles. The van der Waals surface area contributed by atoms with Gasteiger partial charge < -0.3 is 4.90 Å². The van der Waals surface area contributed by atoms with E-state index in [-0.39, 0.29) is 23.8 Å². The van der Waals surface area contributed by atoms with Crippen molar-refractivity contribution in [2.45, 2.75) is 12.0 Å². The van der Waals surface area contributed by atoms with E-state index in [9.17, 15) is 9.59 Å². The number of amidine groups is 1. The van der Waals surface area contributed by atoms with Gasteiger partial charge in [-0.1, -0.05) is 66.4 Å². The monoisotopic (exact) mass is 403 g/mol. The van der Waals surface area contributed by atoms with Crippen LogP contribution in [0.3, 0.4) is 0 Å². The number of benzene rings is 2. The van der Waals surface area contributed by atoms with Crippen LogP contribution in [0.15, 0.2) is 76.6 Å². The molecule has 0 aromatic heterocycles. The van der Waals surface area contributed by atoms with Gasteiger partial charge in [-0.25, -0.2) is 4.90 Å². The average molecular weight is 404 g/mol. The SMILES string of the molecule is CN(C)C1=N[C@H]2C(=C[C@@H](c3ccccc3)[C@H]3C(=O)N(c4ccccc4)C(=O)[C@H]32)S1. The number of thioether (sulfide) groups is 1. The molecular formula is C23H21N3O2S. The first kappa shape index (κ1) is 18.2. The topological polar surface area (TPSA) is 53.0 Å². The molecule has 146 valence electrons. The summed E-state index contributed by atoms with van der Waals surface area (Å²) in [6, 6.07) is 18.9. The summed E-state index contributed by atoms with van der Waals surface area (Å²) in [7, 11) is 3.90. The molecule has 2 aliphatic heterocycles. The number of nitrogens with zero attached hydrogens (tertiary/aromatic N) is 3. The van der Waals surface area contributed by atoms with Gasteiger partial charge in [-0.2, -0.15) is 0 Å². The van der Waals surface area contributed by atoms with Crippen LogP contribution in [0.2, 0.25) is 0 Å². The van der Waals surface area contributed by atoms with Crippen molar-refractivity contribution in [3.05, 3.63) is 77.2 Å². The van der Waals surface area contributed by atoms with Crippen LogP contribution in [0.1, 0.15) is 11.5 Å². The molecule has 1 saturated heterocycles. The minimum atomic E-state index is -0.474. The molecule has 0 bridgehead atoms. The van der Waals surface area contributed by atoms with Gasteiger partial charge in [0.1, 0.15) is 0 Å². The predicted molar refractivity (Wildman–Crippen MR) is 116 cm³/mol. The summed E-state index contributed by atoms with van der Waals surface area (Å²) in [5.74, 6) is -1.33. The van der Waals surface area contributed by atoms with E-state index in [0.29, 0.717) is 5.69 Å². The van der Waals surface area contributed by atoms with Crippen molar-refractivity contribution in [1.82, 2.24) is 4.90 Å². The highest BCUT2D eigenvalue weighted by Crippen LogP contribution is 2.52. The number of anilines is 1. The molecule has 6 heteroatoms. The molecule has 2 aromatic rings. The molecule has 2 aromatic carbocycles. The third-order valence-corrected chi connectivity index (χ3v) is 7.07. The maximum atomic E-state index is 13.5. The average Bonchev–Trinajstić information content (AvgIpc) is 3.28. The highest BCUT2D eigenvalue weighted by atomic mass is 32.2. The zero-order chi connectivity index (χ0) is 20.1. The van der Waals surface area contributed by atoms with Crippen LogP contribution in [0.25, 0.3) is 0 Å². The largest absolute Gasteiger partial charge is 0.357 e. The highest BCUT2D eigenvalue weighted by molar-refractivity contribution is 8.17. The first-order valence-electron chi connectivity index (χ1n) is 9.69. The van der Waals surface area contributed by atoms with Gasteiger partial charge in [-0.05, 0) is 17.7 Å². The van der Waals surface area contributed by atoms with E-state index >= 15 is 0 Å². The summed E-state index contributed by atoms with van der Waals surface area (Å²) in [6.45, 7) is 0. The molecule has 5 rings (SSSR count). The fourth-order valence-electron chi connectivity index (χ4n) is 4.48. The summed E-state index contributed by atoms with van der Waals surface area (Å²) in [5.41, 5.74) is 1.69. The van der Waals surface area contributed by atoms with Gasteiger partial charge in [0.2, 0.25) is 11.8 Å². The van der Waals surface area contributed by atoms with Gasteiger partial charge in [-0.15, -0.1) is 0 Å². The van der Waals surface area contributed by atoms with Crippen molar-refractivity contribution < 1.29 is 9.59 Å². The number of aliphatic imine (C=N–C) groups is 1. The number of imide groups is 1. The van der Waals surface area contributed by atoms with E-state index in [4.69, 9.17) is 4.99 Å². The van der Waals surface area contributed by atoms with Gasteiger partial charge >= 0.3 is 0 Å². The molecule has 29 heavy (non-hydrogen) atoms. The summed E-state index contributed by atoms with van der Waals surface area (Å²) < 4.78 is 0. The number of para-hydroxylation sites is 1. The van der Waals surface area contributed by atoms with Crippen molar-refractivity contribution in [2.24, 2.45) is 16.8 Å². The Bertz CT molecular complexity index is 1030. The van der Waals surface area contributed by atoms with Crippen molar-refractivity contribution in [1.29, 1.82) is 0 Å². The smallest absolute Gasteiger partial charge is 0.240 e. The second-order valence-corrected chi connectivity index (χ2v) is 8.80. The molecule has 5 nitrogen and oxygen atoms in total. The maximum absolute atomic E-state index is 13.5. The lowest BCUT2D eigenvalue weighted by Crippen LogP contribution is -2.36. The van der Waals surface area contributed by atoms with Crippen LogP contribution in [0.4, 0.5) is 5.69 Å². The first-order valence-corrected chi connectivity index (χ1v) is 10.5. The number of hydrogen-bond acceptors (Lipinski definition) is 5. The Hall–Kier alpha value is -2.86. The van der Waals surface area contributed by atoms with E-state index in [1.807, 2.05) is 79.7 Å². The Labute approximate surface area is 174 Å². The standard InChI is InChI=1S/C23H21N3O2S/c1-25(2)23-24-20-17(29-23)13-16(14-9-5-3-6-10-14)18-19(20)22(28)26(21(18)27)15-11-7-4-8-12-15/h3-13,16,18-20H,1-2H3/t16-,18+,19+,20-/m0/s1. The molecule has 3 aliphatic rings. The number of rotatable bonds is 2.